The number of aliphatic imine (C=N–C) groups is 1. The highest BCUT2D eigenvalue weighted by Crippen LogP contribution is 2.38. The second kappa shape index (κ2) is 11.6. The molecule has 0 saturated heterocycles. The summed E-state index contributed by atoms with van der Waals surface area (Å²) in [5.41, 5.74) is 1.20. The first kappa shape index (κ1) is 21.2. The average molecular weight is 392 g/mol. The lowest BCUT2D eigenvalue weighted by Crippen LogP contribution is -2.21. The molecule has 0 aromatic heterocycles. The quantitative estimate of drug-likeness (QED) is 0.265. The van der Waals surface area contributed by atoms with Crippen LogP contribution in [-0.4, -0.2) is 10.9 Å². The first-order valence-corrected chi connectivity index (χ1v) is 10.7. The molecule has 0 saturated carbocycles. The normalized spacial score (nSPS) is 16.0. The Kier molecular flexibility index (Phi) is 9.41. The smallest absolute Gasteiger partial charge is 0.200 e. The van der Waals surface area contributed by atoms with E-state index in [1.807, 2.05) is 12.1 Å². The van der Waals surface area contributed by atoms with Crippen LogP contribution >= 0.6 is 23.8 Å². The third-order valence-electron chi connectivity index (χ3n) is 5.04. The summed E-state index contributed by atoms with van der Waals surface area (Å²) in [6.45, 7) is 4.47. The maximum atomic E-state index is 6.53. The predicted molar refractivity (Wildman–Crippen MR) is 115 cm³/mol. The first-order chi connectivity index (χ1) is 12.7. The van der Waals surface area contributed by atoms with Gasteiger partial charge in [-0.2, -0.15) is 4.99 Å². The Morgan fingerprint density at radius 2 is 1.62 bits per heavy atom. The predicted octanol–water partition coefficient (Wildman–Crippen LogP) is 7.74. The van der Waals surface area contributed by atoms with Crippen LogP contribution in [0.4, 0.5) is 0 Å². The highest BCUT2D eigenvalue weighted by Gasteiger charge is 2.30. The number of hydrogen-bond donors (Lipinski definition) is 0. The Bertz CT molecular complexity index is 642. The third-order valence-corrected chi connectivity index (χ3v) is 5.56. The molecule has 0 bridgehead atoms. The van der Waals surface area contributed by atoms with Crippen LogP contribution in [-0.2, 0) is 0 Å². The van der Waals surface area contributed by atoms with E-state index in [-0.39, 0.29) is 5.92 Å². The van der Waals surface area contributed by atoms with Gasteiger partial charge in [0.15, 0.2) is 5.84 Å². The molecule has 2 atom stereocenters. The zero-order valence-corrected chi connectivity index (χ0v) is 17.5. The van der Waals surface area contributed by atoms with Gasteiger partial charge in [-0.1, -0.05) is 88.6 Å². The summed E-state index contributed by atoms with van der Waals surface area (Å²) >= 11 is 11.7. The molecule has 2 rings (SSSR count). The van der Waals surface area contributed by atoms with E-state index in [0.29, 0.717) is 11.0 Å². The minimum atomic E-state index is 0.227. The van der Waals surface area contributed by atoms with Crippen molar-refractivity contribution in [3.05, 3.63) is 34.9 Å². The van der Waals surface area contributed by atoms with Crippen LogP contribution in [0, 0.1) is 5.92 Å². The van der Waals surface area contributed by atoms with Gasteiger partial charge in [0.25, 0.3) is 0 Å². The summed E-state index contributed by atoms with van der Waals surface area (Å²) in [5, 5.41) is 9.46. The van der Waals surface area contributed by atoms with E-state index in [9.17, 15) is 0 Å². The number of hydrogen-bond acceptors (Lipinski definition) is 2. The molecule has 1 aliphatic rings. The number of rotatable bonds is 12. The van der Waals surface area contributed by atoms with Gasteiger partial charge >= 0.3 is 0 Å². The largest absolute Gasteiger partial charge is 0.241 e. The van der Waals surface area contributed by atoms with Gasteiger partial charge in [0.2, 0.25) is 5.11 Å². The monoisotopic (exact) mass is 391 g/mol. The minimum absolute atomic E-state index is 0.227. The van der Waals surface area contributed by atoms with Crippen molar-refractivity contribution >= 4 is 34.8 Å². The molecular formula is C21H30ClN3S. The SMILES string of the molecule is CCCCCCCCC(C1=NC(=S)N=N1)C(CCC)c1ccccc1Cl. The van der Waals surface area contributed by atoms with E-state index >= 15 is 0 Å². The fraction of sp³-hybridized carbons (Fsp3) is 0.619. The van der Waals surface area contributed by atoms with Crippen molar-refractivity contribution in [3.63, 3.8) is 0 Å². The Hall–Kier alpha value is -1.13. The van der Waals surface area contributed by atoms with Gasteiger partial charge < -0.3 is 0 Å². The summed E-state index contributed by atoms with van der Waals surface area (Å²) in [6, 6.07) is 8.17. The zero-order valence-electron chi connectivity index (χ0n) is 16.0. The molecule has 0 aliphatic carbocycles. The molecule has 26 heavy (non-hydrogen) atoms. The molecular weight excluding hydrogens is 362 g/mol. The van der Waals surface area contributed by atoms with Crippen molar-refractivity contribution in [2.24, 2.45) is 21.1 Å². The molecule has 2 unspecified atom stereocenters. The summed E-state index contributed by atoms with van der Waals surface area (Å²) in [4.78, 5) is 4.45. The lowest BCUT2D eigenvalue weighted by Gasteiger charge is -2.27. The number of amidine groups is 1. The summed E-state index contributed by atoms with van der Waals surface area (Å²) < 4.78 is 0. The van der Waals surface area contributed by atoms with Crippen molar-refractivity contribution in [2.45, 2.75) is 77.6 Å². The summed E-state index contributed by atoms with van der Waals surface area (Å²) in [5.74, 6) is 1.33. The van der Waals surface area contributed by atoms with E-state index < -0.39 is 0 Å². The van der Waals surface area contributed by atoms with Crippen LogP contribution in [0.25, 0.3) is 0 Å². The van der Waals surface area contributed by atoms with Crippen molar-refractivity contribution in [1.82, 2.24) is 0 Å². The molecule has 1 aromatic rings. The molecule has 0 radical (unpaired) electrons. The fourth-order valence-electron chi connectivity index (χ4n) is 3.71. The van der Waals surface area contributed by atoms with Gasteiger partial charge in [-0.25, -0.2) is 0 Å². The van der Waals surface area contributed by atoms with Crippen molar-refractivity contribution in [2.75, 3.05) is 0 Å². The Balaban J connectivity index is 2.15. The number of nitrogens with zero attached hydrogens (tertiary/aromatic N) is 3. The van der Waals surface area contributed by atoms with E-state index in [4.69, 9.17) is 23.8 Å². The third kappa shape index (κ3) is 6.24. The molecule has 0 spiro atoms. The molecule has 5 heteroatoms. The molecule has 0 N–H and O–H groups in total. The number of halogens is 1. The van der Waals surface area contributed by atoms with E-state index in [2.05, 4.69) is 41.2 Å². The van der Waals surface area contributed by atoms with E-state index in [0.717, 1.165) is 30.1 Å². The molecule has 1 heterocycles. The standard InChI is InChI=1S/C21H30ClN3S/c1-3-5-6-7-8-9-14-18(20-23-21(26)25-24-20)16(12-4-2)17-13-10-11-15-19(17)22/h10-11,13,15-16,18H,3-9,12,14H2,1-2H3. The highest BCUT2D eigenvalue weighted by molar-refractivity contribution is 7.80. The zero-order chi connectivity index (χ0) is 18.8. The Morgan fingerprint density at radius 1 is 0.885 bits per heavy atom. The highest BCUT2D eigenvalue weighted by atomic mass is 35.5. The van der Waals surface area contributed by atoms with Crippen molar-refractivity contribution in [3.8, 4) is 0 Å². The molecule has 0 fully saturated rings. The van der Waals surface area contributed by atoms with Crippen LogP contribution in [0.3, 0.4) is 0 Å². The molecule has 0 amide bonds. The van der Waals surface area contributed by atoms with Gasteiger partial charge in [-0.3, -0.25) is 0 Å². The Morgan fingerprint density at radius 3 is 2.27 bits per heavy atom. The van der Waals surface area contributed by atoms with Crippen LogP contribution in [0.5, 0.6) is 0 Å². The number of unbranched alkanes of at least 4 members (excludes halogenated alkanes) is 5. The maximum Gasteiger partial charge on any atom is 0.241 e. The van der Waals surface area contributed by atoms with Crippen LogP contribution in [0.1, 0.15) is 83.1 Å². The fourth-order valence-corrected chi connectivity index (χ4v) is 4.12. The van der Waals surface area contributed by atoms with E-state index in [1.54, 1.807) is 0 Å². The molecule has 1 aliphatic heterocycles. The maximum absolute atomic E-state index is 6.53. The average Bonchev–Trinajstić information content (AvgIpc) is 3.06. The van der Waals surface area contributed by atoms with Crippen LogP contribution in [0.15, 0.2) is 39.5 Å². The van der Waals surface area contributed by atoms with Gasteiger partial charge in [-0.15, -0.1) is 10.2 Å². The van der Waals surface area contributed by atoms with Crippen molar-refractivity contribution in [1.29, 1.82) is 0 Å². The van der Waals surface area contributed by atoms with Crippen LogP contribution < -0.4 is 0 Å². The molecule has 3 nitrogen and oxygen atoms in total. The second-order valence-electron chi connectivity index (χ2n) is 7.03. The molecule has 142 valence electrons. The second-order valence-corrected chi connectivity index (χ2v) is 7.80. The Labute approximate surface area is 168 Å². The van der Waals surface area contributed by atoms with Crippen LogP contribution in [0.2, 0.25) is 5.02 Å². The minimum Gasteiger partial charge on any atom is -0.200 e. The number of benzene rings is 1. The lowest BCUT2D eigenvalue weighted by molar-refractivity contribution is 0.442. The topological polar surface area (TPSA) is 37.1 Å². The van der Waals surface area contributed by atoms with E-state index in [1.165, 1.54) is 44.1 Å². The summed E-state index contributed by atoms with van der Waals surface area (Å²) in [7, 11) is 0. The lowest BCUT2D eigenvalue weighted by atomic mass is 9.79. The van der Waals surface area contributed by atoms with Gasteiger partial charge in [0.1, 0.15) is 0 Å². The first-order valence-electron chi connectivity index (χ1n) is 9.96. The number of thiocarbonyl (C=S) groups is 1. The van der Waals surface area contributed by atoms with Gasteiger partial charge in [0.05, 0.1) is 0 Å². The number of azo groups is 1. The van der Waals surface area contributed by atoms with Crippen molar-refractivity contribution < 1.29 is 0 Å². The molecule has 1 aromatic carbocycles. The summed E-state index contributed by atoms with van der Waals surface area (Å²) in [6.07, 6.45) is 10.9. The van der Waals surface area contributed by atoms with Gasteiger partial charge in [-0.05, 0) is 42.6 Å². The van der Waals surface area contributed by atoms with Gasteiger partial charge in [0, 0.05) is 10.9 Å².